The lowest BCUT2D eigenvalue weighted by Crippen LogP contribution is -2.27. The number of carbonyl (C=O) groups excluding carboxylic acids is 1. The van der Waals surface area contributed by atoms with Gasteiger partial charge in [0.05, 0.1) is 5.75 Å². The van der Waals surface area contributed by atoms with Gasteiger partial charge in [-0.25, -0.2) is 4.98 Å². The second-order valence-electron chi connectivity index (χ2n) is 5.78. The fraction of sp³-hybridized carbons (Fsp3) is 0.471. The molecule has 1 aliphatic carbocycles. The third-order valence-electron chi connectivity index (χ3n) is 3.99. The van der Waals surface area contributed by atoms with Gasteiger partial charge in [-0.3, -0.25) is 9.89 Å². The number of H-pyrrole nitrogens is 1. The molecule has 128 valence electrons. The first kappa shape index (κ1) is 17.4. The highest BCUT2D eigenvalue weighted by atomic mass is 32.2. The molecule has 0 aliphatic heterocycles. The summed E-state index contributed by atoms with van der Waals surface area (Å²) in [6.45, 7) is 0.667. The molecule has 5 nitrogen and oxygen atoms in total. The van der Waals surface area contributed by atoms with Crippen molar-refractivity contribution in [2.45, 2.75) is 41.7 Å². The van der Waals surface area contributed by atoms with Crippen LogP contribution in [0.4, 0.5) is 0 Å². The molecule has 1 aliphatic rings. The molecule has 0 unspecified atom stereocenters. The number of hydrogen-bond acceptors (Lipinski definition) is 5. The van der Waals surface area contributed by atoms with Crippen molar-refractivity contribution in [3.05, 3.63) is 36.2 Å². The molecule has 0 spiro atoms. The number of amides is 1. The molecule has 24 heavy (non-hydrogen) atoms. The zero-order chi connectivity index (χ0) is 16.6. The fourth-order valence-corrected chi connectivity index (χ4v) is 4.19. The Morgan fingerprint density at radius 3 is 2.79 bits per heavy atom. The van der Waals surface area contributed by atoms with Gasteiger partial charge < -0.3 is 5.32 Å². The highest BCUT2D eigenvalue weighted by Gasteiger charge is 2.20. The van der Waals surface area contributed by atoms with E-state index in [4.69, 9.17) is 0 Å². The number of hydrogen-bond donors (Lipinski definition) is 2. The molecule has 0 bridgehead atoms. The van der Waals surface area contributed by atoms with Crippen LogP contribution in [0.2, 0.25) is 0 Å². The number of aromatic nitrogens is 3. The molecule has 2 N–H and O–H groups in total. The van der Waals surface area contributed by atoms with Crippen LogP contribution in [0.1, 0.15) is 37.4 Å². The van der Waals surface area contributed by atoms with E-state index in [2.05, 4.69) is 32.6 Å². The Hall–Kier alpha value is -1.47. The average molecular weight is 363 g/mol. The van der Waals surface area contributed by atoms with Crippen LogP contribution in [-0.2, 0) is 4.79 Å². The summed E-state index contributed by atoms with van der Waals surface area (Å²) in [5.41, 5.74) is 0. The lowest BCUT2D eigenvalue weighted by Gasteiger charge is -2.04. The SMILES string of the molecule is O=C(CSc1n[nH]c(C2CCCC2)n1)NCCSc1ccccc1. The predicted molar refractivity (Wildman–Crippen MR) is 98.5 cm³/mol. The Labute approximate surface area is 150 Å². The smallest absolute Gasteiger partial charge is 0.230 e. The van der Waals surface area contributed by atoms with Gasteiger partial charge >= 0.3 is 0 Å². The molecule has 0 saturated heterocycles. The zero-order valence-electron chi connectivity index (χ0n) is 13.5. The zero-order valence-corrected chi connectivity index (χ0v) is 15.2. The van der Waals surface area contributed by atoms with Gasteiger partial charge in [-0.05, 0) is 25.0 Å². The summed E-state index contributed by atoms with van der Waals surface area (Å²) in [5.74, 6) is 2.76. The first-order valence-corrected chi connectivity index (χ1v) is 10.3. The number of rotatable bonds is 8. The minimum atomic E-state index is 0.0286. The number of carbonyl (C=O) groups is 1. The van der Waals surface area contributed by atoms with Crippen LogP contribution < -0.4 is 5.32 Å². The van der Waals surface area contributed by atoms with Crippen molar-refractivity contribution >= 4 is 29.4 Å². The van der Waals surface area contributed by atoms with Crippen molar-refractivity contribution in [1.82, 2.24) is 20.5 Å². The number of thioether (sulfide) groups is 2. The summed E-state index contributed by atoms with van der Waals surface area (Å²) in [5, 5.41) is 10.8. The van der Waals surface area contributed by atoms with E-state index >= 15 is 0 Å². The Kier molecular flexibility index (Phi) is 6.60. The second kappa shape index (κ2) is 9.13. The highest BCUT2D eigenvalue weighted by Crippen LogP contribution is 2.32. The Morgan fingerprint density at radius 2 is 2.00 bits per heavy atom. The fourth-order valence-electron chi connectivity index (χ4n) is 2.76. The molecule has 1 aromatic carbocycles. The van der Waals surface area contributed by atoms with E-state index in [0.717, 1.165) is 11.6 Å². The lowest BCUT2D eigenvalue weighted by molar-refractivity contribution is -0.118. The largest absolute Gasteiger partial charge is 0.355 e. The standard InChI is InChI=1S/C17H22N4OS2/c22-15(18-10-11-23-14-8-2-1-3-9-14)12-24-17-19-16(20-21-17)13-6-4-5-7-13/h1-3,8-9,13H,4-7,10-12H2,(H,18,22)(H,19,20,21). The highest BCUT2D eigenvalue weighted by molar-refractivity contribution is 7.99. The van der Waals surface area contributed by atoms with E-state index in [1.807, 2.05) is 18.2 Å². The minimum absolute atomic E-state index is 0.0286. The van der Waals surface area contributed by atoms with Crippen LogP contribution in [0.3, 0.4) is 0 Å². The topological polar surface area (TPSA) is 70.7 Å². The van der Waals surface area contributed by atoms with Gasteiger partial charge in [-0.2, -0.15) is 0 Å². The van der Waals surface area contributed by atoms with Gasteiger partial charge in [0.2, 0.25) is 11.1 Å². The van der Waals surface area contributed by atoms with Crippen molar-refractivity contribution in [3.63, 3.8) is 0 Å². The van der Waals surface area contributed by atoms with E-state index in [1.165, 1.54) is 42.3 Å². The predicted octanol–water partition coefficient (Wildman–Crippen LogP) is 3.46. The molecule has 0 radical (unpaired) electrons. The Balaban J connectivity index is 1.32. The quantitative estimate of drug-likeness (QED) is 0.556. The molecule has 7 heteroatoms. The van der Waals surface area contributed by atoms with Gasteiger partial charge in [0.1, 0.15) is 5.82 Å². The summed E-state index contributed by atoms with van der Waals surface area (Å²) < 4.78 is 0. The maximum absolute atomic E-state index is 11.9. The third-order valence-corrected chi connectivity index (χ3v) is 5.85. The van der Waals surface area contributed by atoms with E-state index in [1.54, 1.807) is 11.8 Å². The molecule has 3 rings (SSSR count). The summed E-state index contributed by atoms with van der Waals surface area (Å²) in [7, 11) is 0. The van der Waals surface area contributed by atoms with E-state index in [9.17, 15) is 4.79 Å². The molecular formula is C17H22N4OS2. The Morgan fingerprint density at radius 1 is 1.21 bits per heavy atom. The lowest BCUT2D eigenvalue weighted by atomic mass is 10.1. The van der Waals surface area contributed by atoms with Crippen molar-refractivity contribution in [3.8, 4) is 0 Å². The van der Waals surface area contributed by atoms with Gasteiger partial charge in [0.15, 0.2) is 0 Å². The van der Waals surface area contributed by atoms with Gasteiger partial charge in [0.25, 0.3) is 0 Å². The van der Waals surface area contributed by atoms with E-state index < -0.39 is 0 Å². The van der Waals surface area contributed by atoms with Crippen LogP contribution in [0.5, 0.6) is 0 Å². The van der Waals surface area contributed by atoms with Crippen LogP contribution in [0.15, 0.2) is 40.4 Å². The average Bonchev–Trinajstić information content (AvgIpc) is 3.29. The summed E-state index contributed by atoms with van der Waals surface area (Å²) in [6, 6.07) is 10.2. The summed E-state index contributed by atoms with van der Waals surface area (Å²) >= 11 is 3.13. The maximum atomic E-state index is 11.9. The molecule has 1 amide bonds. The van der Waals surface area contributed by atoms with Crippen LogP contribution in [0, 0.1) is 0 Å². The van der Waals surface area contributed by atoms with Crippen molar-refractivity contribution in [1.29, 1.82) is 0 Å². The third kappa shape index (κ3) is 5.27. The van der Waals surface area contributed by atoms with Crippen LogP contribution in [0.25, 0.3) is 0 Å². The number of nitrogens with zero attached hydrogens (tertiary/aromatic N) is 2. The monoisotopic (exact) mass is 362 g/mol. The molecule has 1 aromatic heterocycles. The summed E-state index contributed by atoms with van der Waals surface area (Å²) in [4.78, 5) is 17.6. The number of nitrogens with one attached hydrogen (secondary N) is 2. The van der Waals surface area contributed by atoms with Crippen LogP contribution in [-0.4, -0.2) is 39.1 Å². The van der Waals surface area contributed by atoms with Crippen molar-refractivity contribution in [2.75, 3.05) is 18.1 Å². The Bertz CT molecular complexity index is 641. The van der Waals surface area contributed by atoms with E-state index in [-0.39, 0.29) is 5.91 Å². The first-order valence-electron chi connectivity index (χ1n) is 8.31. The number of aromatic amines is 1. The van der Waals surface area contributed by atoms with Crippen LogP contribution >= 0.6 is 23.5 Å². The normalized spacial score (nSPS) is 14.8. The minimum Gasteiger partial charge on any atom is -0.355 e. The first-order chi connectivity index (χ1) is 11.8. The maximum Gasteiger partial charge on any atom is 0.230 e. The number of benzene rings is 1. The molecular weight excluding hydrogens is 340 g/mol. The van der Waals surface area contributed by atoms with Gasteiger partial charge in [0, 0.05) is 23.1 Å². The molecule has 1 heterocycles. The van der Waals surface area contributed by atoms with Gasteiger partial charge in [-0.15, -0.1) is 16.9 Å². The summed E-state index contributed by atoms with van der Waals surface area (Å²) in [6.07, 6.45) is 4.94. The van der Waals surface area contributed by atoms with E-state index in [0.29, 0.717) is 23.4 Å². The molecule has 2 aromatic rings. The molecule has 1 saturated carbocycles. The van der Waals surface area contributed by atoms with Gasteiger partial charge in [-0.1, -0.05) is 42.8 Å². The molecule has 0 atom stereocenters. The van der Waals surface area contributed by atoms with Crippen molar-refractivity contribution in [2.24, 2.45) is 0 Å². The van der Waals surface area contributed by atoms with Crippen molar-refractivity contribution < 1.29 is 4.79 Å². The molecule has 1 fully saturated rings. The second-order valence-corrected chi connectivity index (χ2v) is 7.90.